The number of amides is 2. The van der Waals surface area contributed by atoms with Gasteiger partial charge in [0.1, 0.15) is 5.60 Å². The van der Waals surface area contributed by atoms with Crippen LogP contribution in [0.5, 0.6) is 0 Å². The topological polar surface area (TPSA) is 112 Å². The van der Waals surface area contributed by atoms with E-state index >= 15 is 0 Å². The Morgan fingerprint density at radius 2 is 1.63 bits per heavy atom. The van der Waals surface area contributed by atoms with E-state index in [1.165, 1.54) is 0 Å². The monoisotopic (exact) mass is 430 g/mol. The summed E-state index contributed by atoms with van der Waals surface area (Å²) in [4.78, 5) is 35.7. The zero-order valence-electron chi connectivity index (χ0n) is 18.8. The van der Waals surface area contributed by atoms with Gasteiger partial charge in [0.15, 0.2) is 0 Å². The molecule has 0 spiro atoms. The van der Waals surface area contributed by atoms with Crippen LogP contribution in [0.1, 0.15) is 59.8 Å². The Balaban J connectivity index is 2.06. The van der Waals surface area contributed by atoms with Gasteiger partial charge in [-0.15, -0.1) is 0 Å². The predicted molar refractivity (Wildman–Crippen MR) is 111 cm³/mol. The summed E-state index contributed by atoms with van der Waals surface area (Å²) in [5.74, 6) is -0.609. The maximum absolute atomic E-state index is 12.1. The Labute approximate surface area is 179 Å². The standard InChI is InChI=1S/C21H38N2O7/c1-5-29-19(25)16-8-6-7-9-17(16)23-18(24)10-12-27-14-15-28-13-11-22-20(26)30-21(2,3)4/h16-17H,5-15H2,1-4H3,(H,22,26)(H,23,24). The number of esters is 1. The van der Waals surface area contributed by atoms with Crippen LogP contribution >= 0.6 is 0 Å². The average molecular weight is 431 g/mol. The van der Waals surface area contributed by atoms with Crippen LogP contribution in [0, 0.1) is 5.92 Å². The van der Waals surface area contributed by atoms with Gasteiger partial charge in [-0.1, -0.05) is 12.8 Å². The van der Waals surface area contributed by atoms with Crippen molar-refractivity contribution in [1.82, 2.24) is 10.6 Å². The van der Waals surface area contributed by atoms with E-state index in [-0.39, 0.29) is 36.9 Å². The van der Waals surface area contributed by atoms with E-state index in [0.717, 1.165) is 25.7 Å². The van der Waals surface area contributed by atoms with E-state index < -0.39 is 11.7 Å². The summed E-state index contributed by atoms with van der Waals surface area (Å²) in [6, 6.07) is -0.161. The molecule has 9 heteroatoms. The Kier molecular flexibility index (Phi) is 12.4. The van der Waals surface area contributed by atoms with Crippen LogP contribution in [0.3, 0.4) is 0 Å². The number of rotatable bonds is 12. The lowest BCUT2D eigenvalue weighted by Gasteiger charge is -2.30. The summed E-state index contributed by atoms with van der Waals surface area (Å²) in [5, 5.41) is 5.55. The average Bonchev–Trinajstić information content (AvgIpc) is 2.66. The molecule has 2 unspecified atom stereocenters. The second-order valence-electron chi connectivity index (χ2n) is 8.22. The quantitative estimate of drug-likeness (QED) is 0.360. The first-order chi connectivity index (χ1) is 14.2. The summed E-state index contributed by atoms with van der Waals surface area (Å²) in [6.07, 6.45) is 3.27. The van der Waals surface area contributed by atoms with E-state index in [2.05, 4.69) is 10.6 Å². The molecule has 1 fully saturated rings. The molecule has 0 heterocycles. The molecule has 0 aromatic carbocycles. The number of carbonyl (C=O) groups excluding carboxylic acids is 3. The van der Waals surface area contributed by atoms with Crippen molar-refractivity contribution in [2.24, 2.45) is 5.92 Å². The highest BCUT2D eigenvalue weighted by molar-refractivity contribution is 5.78. The van der Waals surface area contributed by atoms with Crippen LogP contribution in [0.4, 0.5) is 4.79 Å². The number of carbonyl (C=O) groups is 3. The van der Waals surface area contributed by atoms with Gasteiger partial charge in [0.25, 0.3) is 0 Å². The minimum atomic E-state index is -0.526. The van der Waals surface area contributed by atoms with Crippen molar-refractivity contribution in [2.45, 2.75) is 71.4 Å². The Hall–Kier alpha value is -1.87. The lowest BCUT2D eigenvalue weighted by atomic mass is 9.84. The lowest BCUT2D eigenvalue weighted by molar-refractivity contribution is -0.150. The normalized spacial score (nSPS) is 19.1. The number of hydrogen-bond donors (Lipinski definition) is 2. The second-order valence-corrected chi connectivity index (χ2v) is 8.22. The third-order valence-corrected chi connectivity index (χ3v) is 4.46. The fourth-order valence-corrected chi connectivity index (χ4v) is 3.14. The maximum atomic E-state index is 12.1. The van der Waals surface area contributed by atoms with Gasteiger partial charge >= 0.3 is 12.1 Å². The maximum Gasteiger partial charge on any atom is 0.407 e. The van der Waals surface area contributed by atoms with Crippen LogP contribution < -0.4 is 10.6 Å². The highest BCUT2D eigenvalue weighted by Crippen LogP contribution is 2.25. The van der Waals surface area contributed by atoms with Crippen LogP contribution in [0.25, 0.3) is 0 Å². The minimum absolute atomic E-state index is 0.126. The summed E-state index contributed by atoms with van der Waals surface area (Å²) in [6.45, 7) is 9.23. The van der Waals surface area contributed by atoms with Gasteiger partial charge in [-0.2, -0.15) is 0 Å². The van der Waals surface area contributed by atoms with Crippen LogP contribution in [-0.4, -0.2) is 69.2 Å². The Morgan fingerprint density at radius 1 is 0.967 bits per heavy atom. The van der Waals surface area contributed by atoms with Crippen LogP contribution in [0.2, 0.25) is 0 Å². The molecule has 2 N–H and O–H groups in total. The molecule has 0 radical (unpaired) electrons. The zero-order valence-corrected chi connectivity index (χ0v) is 18.8. The fourth-order valence-electron chi connectivity index (χ4n) is 3.14. The highest BCUT2D eigenvalue weighted by atomic mass is 16.6. The molecule has 1 aliphatic rings. The van der Waals surface area contributed by atoms with Crippen LogP contribution in [0.15, 0.2) is 0 Å². The van der Waals surface area contributed by atoms with Gasteiger partial charge < -0.3 is 29.6 Å². The number of alkyl carbamates (subject to hydrolysis) is 1. The Morgan fingerprint density at radius 3 is 2.30 bits per heavy atom. The molecule has 0 saturated heterocycles. The van der Waals surface area contributed by atoms with E-state index in [1.54, 1.807) is 27.7 Å². The predicted octanol–water partition coefficient (Wildman–Crippen LogP) is 2.17. The summed E-state index contributed by atoms with van der Waals surface area (Å²) in [5.41, 5.74) is -0.526. The number of ether oxygens (including phenoxy) is 4. The number of hydrogen-bond acceptors (Lipinski definition) is 7. The third-order valence-electron chi connectivity index (χ3n) is 4.46. The molecule has 0 aromatic rings. The molecule has 0 aromatic heterocycles. The molecule has 0 aliphatic heterocycles. The molecule has 9 nitrogen and oxygen atoms in total. The van der Waals surface area contributed by atoms with Crippen molar-refractivity contribution >= 4 is 18.0 Å². The van der Waals surface area contributed by atoms with Crippen molar-refractivity contribution in [3.05, 3.63) is 0 Å². The van der Waals surface area contributed by atoms with Crippen molar-refractivity contribution in [2.75, 3.05) is 39.6 Å². The molecule has 1 rings (SSSR count). The third kappa shape index (κ3) is 12.0. The van der Waals surface area contributed by atoms with E-state index in [0.29, 0.717) is 33.0 Å². The van der Waals surface area contributed by atoms with Gasteiger partial charge in [0.05, 0.1) is 39.0 Å². The summed E-state index contributed by atoms with van der Waals surface area (Å²) >= 11 is 0. The largest absolute Gasteiger partial charge is 0.466 e. The van der Waals surface area contributed by atoms with Gasteiger partial charge in [-0.3, -0.25) is 9.59 Å². The Bertz CT molecular complexity index is 534. The van der Waals surface area contributed by atoms with Crippen molar-refractivity contribution < 1.29 is 33.3 Å². The molecule has 2 atom stereocenters. The SMILES string of the molecule is CCOC(=O)C1CCCCC1NC(=O)CCOCCOCCNC(=O)OC(C)(C)C. The summed E-state index contributed by atoms with van der Waals surface area (Å²) in [7, 11) is 0. The highest BCUT2D eigenvalue weighted by Gasteiger charge is 2.32. The van der Waals surface area contributed by atoms with E-state index in [9.17, 15) is 14.4 Å². The van der Waals surface area contributed by atoms with Crippen LogP contribution in [-0.2, 0) is 28.5 Å². The molecule has 0 bridgehead atoms. The lowest BCUT2D eigenvalue weighted by Crippen LogP contribution is -2.45. The zero-order chi connectivity index (χ0) is 22.4. The smallest absolute Gasteiger partial charge is 0.407 e. The van der Waals surface area contributed by atoms with Gasteiger partial charge in [-0.25, -0.2) is 4.79 Å². The molecule has 1 saturated carbocycles. The molecule has 2 amide bonds. The van der Waals surface area contributed by atoms with E-state index in [1.807, 2.05) is 0 Å². The molecule has 1 aliphatic carbocycles. The van der Waals surface area contributed by atoms with Gasteiger partial charge in [-0.05, 0) is 40.5 Å². The van der Waals surface area contributed by atoms with E-state index in [4.69, 9.17) is 18.9 Å². The van der Waals surface area contributed by atoms with Crippen molar-refractivity contribution in [3.8, 4) is 0 Å². The minimum Gasteiger partial charge on any atom is -0.466 e. The molecule has 174 valence electrons. The fraction of sp³-hybridized carbons (Fsp3) is 0.857. The van der Waals surface area contributed by atoms with Gasteiger partial charge in [0.2, 0.25) is 5.91 Å². The molecule has 30 heavy (non-hydrogen) atoms. The molecular weight excluding hydrogens is 392 g/mol. The van der Waals surface area contributed by atoms with Gasteiger partial charge in [0, 0.05) is 19.0 Å². The number of nitrogens with one attached hydrogen (secondary N) is 2. The van der Waals surface area contributed by atoms with Crippen molar-refractivity contribution in [1.29, 1.82) is 0 Å². The summed E-state index contributed by atoms with van der Waals surface area (Å²) < 4.78 is 21.0. The second kappa shape index (κ2) is 14.2. The first-order valence-corrected chi connectivity index (χ1v) is 10.8. The first-order valence-electron chi connectivity index (χ1n) is 10.8. The van der Waals surface area contributed by atoms with Crippen molar-refractivity contribution in [3.63, 3.8) is 0 Å². The first kappa shape index (κ1) is 26.2. The molecular formula is C21H38N2O7.